The van der Waals surface area contributed by atoms with Gasteiger partial charge in [-0.15, -0.1) is 0 Å². The summed E-state index contributed by atoms with van der Waals surface area (Å²) in [5.74, 6) is -1.27. The molecule has 0 saturated carbocycles. The van der Waals surface area contributed by atoms with Crippen LogP contribution in [0, 0.1) is 0 Å². The Morgan fingerprint density at radius 3 is 2.57 bits per heavy atom. The van der Waals surface area contributed by atoms with E-state index >= 15 is 0 Å². The SMILES string of the molecule is C=C(CCCCC(=O)Oc1ccc(Br)cc1C=O)C(=O)O. The lowest BCUT2D eigenvalue weighted by atomic mass is 10.1. The number of unbranched alkanes of at least 4 members (excludes halogenated alkanes) is 1. The summed E-state index contributed by atoms with van der Waals surface area (Å²) in [6.07, 6.45) is 2.14. The fourth-order valence-corrected chi connectivity index (χ4v) is 1.97. The van der Waals surface area contributed by atoms with Gasteiger partial charge in [0.15, 0.2) is 6.29 Å². The van der Waals surface area contributed by atoms with Gasteiger partial charge in [-0.25, -0.2) is 4.79 Å². The van der Waals surface area contributed by atoms with E-state index in [0.717, 1.165) is 4.47 Å². The van der Waals surface area contributed by atoms with Crippen LogP contribution in [0.2, 0.25) is 0 Å². The molecule has 1 rings (SSSR count). The highest BCUT2D eigenvalue weighted by molar-refractivity contribution is 9.10. The molecule has 0 heterocycles. The second-order valence-corrected chi connectivity index (χ2v) is 5.31. The van der Waals surface area contributed by atoms with Crippen molar-refractivity contribution in [3.8, 4) is 5.75 Å². The van der Waals surface area contributed by atoms with Gasteiger partial charge >= 0.3 is 11.9 Å². The lowest BCUT2D eigenvalue weighted by molar-refractivity contribution is -0.134. The second-order valence-electron chi connectivity index (χ2n) is 4.39. The topological polar surface area (TPSA) is 80.7 Å². The molecule has 0 spiro atoms. The van der Waals surface area contributed by atoms with Gasteiger partial charge in [0.1, 0.15) is 5.75 Å². The molecule has 5 nitrogen and oxygen atoms in total. The summed E-state index contributed by atoms with van der Waals surface area (Å²) < 4.78 is 5.84. The minimum Gasteiger partial charge on any atom is -0.478 e. The summed E-state index contributed by atoms with van der Waals surface area (Å²) in [7, 11) is 0. The first-order valence-electron chi connectivity index (χ1n) is 6.30. The number of hydrogen-bond acceptors (Lipinski definition) is 4. The molecule has 0 radical (unpaired) electrons. The zero-order valence-electron chi connectivity index (χ0n) is 11.3. The summed E-state index contributed by atoms with van der Waals surface area (Å²) in [4.78, 5) is 33.1. The van der Waals surface area contributed by atoms with Crippen LogP contribution in [0.25, 0.3) is 0 Å². The number of rotatable bonds is 8. The molecule has 0 unspecified atom stereocenters. The molecule has 0 bridgehead atoms. The molecule has 1 N–H and O–H groups in total. The van der Waals surface area contributed by atoms with Crippen molar-refractivity contribution < 1.29 is 24.2 Å². The zero-order chi connectivity index (χ0) is 15.8. The highest BCUT2D eigenvalue weighted by Gasteiger charge is 2.10. The first-order valence-corrected chi connectivity index (χ1v) is 7.10. The first kappa shape index (κ1) is 17.1. The van der Waals surface area contributed by atoms with E-state index in [9.17, 15) is 14.4 Å². The van der Waals surface area contributed by atoms with E-state index < -0.39 is 11.9 Å². The van der Waals surface area contributed by atoms with Gasteiger partial charge < -0.3 is 9.84 Å². The maximum Gasteiger partial charge on any atom is 0.330 e. The van der Waals surface area contributed by atoms with Crippen LogP contribution in [0.5, 0.6) is 5.75 Å². The van der Waals surface area contributed by atoms with E-state index in [-0.39, 0.29) is 23.3 Å². The molecule has 0 atom stereocenters. The van der Waals surface area contributed by atoms with Crippen molar-refractivity contribution in [2.45, 2.75) is 25.7 Å². The van der Waals surface area contributed by atoms with Crippen LogP contribution < -0.4 is 4.74 Å². The molecule has 1 aromatic carbocycles. The zero-order valence-corrected chi connectivity index (χ0v) is 12.9. The average Bonchev–Trinajstić information content (AvgIpc) is 2.45. The van der Waals surface area contributed by atoms with Crippen LogP contribution in [-0.4, -0.2) is 23.3 Å². The van der Waals surface area contributed by atoms with Gasteiger partial charge in [0.2, 0.25) is 0 Å². The highest BCUT2D eigenvalue weighted by Crippen LogP contribution is 2.22. The standard InChI is InChI=1S/C15H15BrO5/c1-10(15(19)20)4-2-3-5-14(18)21-13-7-6-12(16)8-11(13)9-17/h6-9H,1-5H2,(H,19,20). The molecule has 0 amide bonds. The Kier molecular flexibility index (Phi) is 6.81. The van der Waals surface area contributed by atoms with Crippen molar-refractivity contribution in [3.05, 3.63) is 40.4 Å². The molecule has 0 aliphatic rings. The highest BCUT2D eigenvalue weighted by atomic mass is 79.9. The first-order chi connectivity index (χ1) is 9.93. The summed E-state index contributed by atoms with van der Waals surface area (Å²) in [6.45, 7) is 3.41. The molecule has 112 valence electrons. The summed E-state index contributed by atoms with van der Waals surface area (Å²) in [5.41, 5.74) is 0.413. The van der Waals surface area contributed by atoms with Crippen LogP contribution in [0.3, 0.4) is 0 Å². The van der Waals surface area contributed by atoms with Gasteiger partial charge in [-0.3, -0.25) is 9.59 Å². The Morgan fingerprint density at radius 2 is 1.95 bits per heavy atom. The Morgan fingerprint density at radius 1 is 1.29 bits per heavy atom. The largest absolute Gasteiger partial charge is 0.478 e. The third kappa shape index (κ3) is 5.91. The lowest BCUT2D eigenvalue weighted by Crippen LogP contribution is -2.09. The monoisotopic (exact) mass is 354 g/mol. The van der Waals surface area contributed by atoms with E-state index in [1.54, 1.807) is 12.1 Å². The number of aldehydes is 1. The quantitative estimate of drug-likeness (QED) is 0.254. The average molecular weight is 355 g/mol. The smallest absolute Gasteiger partial charge is 0.330 e. The van der Waals surface area contributed by atoms with Gasteiger partial charge in [-0.2, -0.15) is 0 Å². The Hall–Kier alpha value is -1.95. The molecule has 1 aromatic rings. The summed E-state index contributed by atoms with van der Waals surface area (Å²) in [6, 6.07) is 4.77. The van der Waals surface area contributed by atoms with E-state index in [1.807, 2.05) is 0 Å². The number of halogens is 1. The molecule has 0 saturated heterocycles. The van der Waals surface area contributed by atoms with E-state index in [4.69, 9.17) is 9.84 Å². The number of esters is 1. The third-order valence-corrected chi connectivity index (χ3v) is 3.23. The number of ether oxygens (including phenoxy) is 1. The normalized spacial score (nSPS) is 9.95. The number of benzene rings is 1. The van der Waals surface area contributed by atoms with Crippen molar-refractivity contribution in [3.63, 3.8) is 0 Å². The summed E-state index contributed by atoms with van der Waals surface area (Å²) >= 11 is 3.22. The predicted molar refractivity (Wildman–Crippen MR) is 80.4 cm³/mol. The maximum atomic E-state index is 11.7. The molecule has 6 heteroatoms. The second kappa shape index (κ2) is 8.36. The van der Waals surface area contributed by atoms with Crippen molar-refractivity contribution >= 4 is 34.2 Å². The van der Waals surface area contributed by atoms with Gasteiger partial charge in [-0.1, -0.05) is 22.5 Å². The van der Waals surface area contributed by atoms with Crippen LogP contribution >= 0.6 is 15.9 Å². The van der Waals surface area contributed by atoms with Gasteiger partial charge in [0.05, 0.1) is 5.56 Å². The number of carboxylic acid groups (broad SMARTS) is 1. The van der Waals surface area contributed by atoms with Crippen molar-refractivity contribution in [2.75, 3.05) is 0 Å². The van der Waals surface area contributed by atoms with Crippen LogP contribution in [0.1, 0.15) is 36.0 Å². The lowest BCUT2D eigenvalue weighted by Gasteiger charge is -2.07. The third-order valence-electron chi connectivity index (χ3n) is 2.73. The number of carboxylic acids is 1. The van der Waals surface area contributed by atoms with E-state index in [1.165, 1.54) is 6.07 Å². The molecule has 0 aromatic heterocycles. The van der Waals surface area contributed by atoms with Crippen LogP contribution in [0.15, 0.2) is 34.8 Å². The van der Waals surface area contributed by atoms with Crippen LogP contribution in [-0.2, 0) is 9.59 Å². The van der Waals surface area contributed by atoms with Gasteiger partial charge in [0, 0.05) is 16.5 Å². The fraction of sp³-hybridized carbons (Fsp3) is 0.267. The van der Waals surface area contributed by atoms with Gasteiger partial charge in [0.25, 0.3) is 0 Å². The van der Waals surface area contributed by atoms with E-state index in [2.05, 4.69) is 22.5 Å². The number of carbonyl (C=O) groups is 3. The Labute approximate surface area is 130 Å². The molecule has 0 fully saturated rings. The Balaban J connectivity index is 2.42. The Bertz CT molecular complexity index is 565. The number of hydrogen-bond donors (Lipinski definition) is 1. The van der Waals surface area contributed by atoms with Gasteiger partial charge in [-0.05, 0) is 37.5 Å². The number of aliphatic carboxylic acids is 1. The maximum absolute atomic E-state index is 11.7. The van der Waals surface area contributed by atoms with Crippen molar-refractivity contribution in [1.82, 2.24) is 0 Å². The number of carbonyl (C=O) groups excluding carboxylic acids is 2. The minimum absolute atomic E-state index is 0.125. The predicted octanol–water partition coefficient (Wildman–Crippen LogP) is 3.37. The minimum atomic E-state index is -1.02. The van der Waals surface area contributed by atoms with Crippen LogP contribution in [0.4, 0.5) is 0 Å². The molecule has 0 aliphatic heterocycles. The van der Waals surface area contributed by atoms with Crippen molar-refractivity contribution in [1.29, 1.82) is 0 Å². The molecular formula is C15H15BrO5. The molecule has 0 aliphatic carbocycles. The van der Waals surface area contributed by atoms with Crippen molar-refractivity contribution in [2.24, 2.45) is 0 Å². The van der Waals surface area contributed by atoms with E-state index in [0.29, 0.717) is 25.5 Å². The molecule has 21 heavy (non-hydrogen) atoms. The fourth-order valence-electron chi connectivity index (χ4n) is 1.59. The summed E-state index contributed by atoms with van der Waals surface area (Å²) in [5, 5.41) is 8.64. The molecular weight excluding hydrogens is 340 g/mol.